The molecular weight excluding hydrogens is 289 g/mol. The van der Waals surface area contributed by atoms with Gasteiger partial charge in [0.05, 0.1) is 18.6 Å². The number of aliphatic carboxylic acids is 1. The smallest absolute Gasteiger partial charge is 0.334 e. The van der Waals surface area contributed by atoms with Gasteiger partial charge in [-0.3, -0.25) is 4.79 Å². The minimum Gasteiger partial charge on any atom is -0.479 e. The fourth-order valence-corrected chi connectivity index (χ4v) is 2.94. The van der Waals surface area contributed by atoms with E-state index in [9.17, 15) is 14.0 Å². The maximum absolute atomic E-state index is 13.8. The number of ether oxygens (including phenoxy) is 1. The van der Waals surface area contributed by atoms with Crippen LogP contribution in [0, 0.1) is 11.2 Å². The third-order valence-corrected chi connectivity index (χ3v) is 4.42. The molecule has 1 saturated heterocycles. The lowest BCUT2D eigenvalue weighted by atomic mass is 9.94. The first-order valence-corrected chi connectivity index (χ1v) is 7.39. The van der Waals surface area contributed by atoms with Crippen molar-refractivity contribution in [3.63, 3.8) is 0 Å². The van der Waals surface area contributed by atoms with Crippen molar-refractivity contribution in [3.8, 4) is 0 Å². The number of hydrogen-bond acceptors (Lipinski definition) is 3. The molecule has 6 heteroatoms. The van der Waals surface area contributed by atoms with Gasteiger partial charge in [-0.2, -0.15) is 0 Å². The molecule has 1 unspecified atom stereocenters. The highest BCUT2D eigenvalue weighted by Gasteiger charge is 2.52. The van der Waals surface area contributed by atoms with Crippen molar-refractivity contribution < 1.29 is 23.8 Å². The number of amides is 1. The number of carbonyl (C=O) groups is 2. The zero-order valence-corrected chi connectivity index (χ0v) is 12.1. The first-order chi connectivity index (χ1) is 10.5. The summed E-state index contributed by atoms with van der Waals surface area (Å²) in [6.07, 6.45) is 0.833. The molecule has 1 heterocycles. The third kappa shape index (κ3) is 2.83. The van der Waals surface area contributed by atoms with E-state index in [0.29, 0.717) is 18.5 Å². The molecule has 1 atom stereocenters. The van der Waals surface area contributed by atoms with Gasteiger partial charge in [0.2, 0.25) is 5.91 Å². The van der Waals surface area contributed by atoms with Crippen LogP contribution in [0.15, 0.2) is 24.3 Å². The summed E-state index contributed by atoms with van der Waals surface area (Å²) in [6.45, 7) is 0.674. The minimum atomic E-state index is -1.06. The molecule has 1 amide bonds. The Hall–Kier alpha value is -1.95. The van der Waals surface area contributed by atoms with Crippen molar-refractivity contribution in [1.29, 1.82) is 0 Å². The van der Waals surface area contributed by atoms with E-state index in [1.165, 1.54) is 6.07 Å². The Bertz CT molecular complexity index is 600. The van der Waals surface area contributed by atoms with E-state index in [4.69, 9.17) is 9.84 Å². The van der Waals surface area contributed by atoms with Crippen LogP contribution in [0.25, 0.3) is 0 Å². The van der Waals surface area contributed by atoms with Gasteiger partial charge in [0, 0.05) is 6.54 Å². The SMILES string of the molecule is O=C(O)C1CN(C(=O)C2(Cc3ccccc3F)CC2)CCO1. The van der Waals surface area contributed by atoms with Crippen LogP contribution in [-0.2, 0) is 20.7 Å². The maximum Gasteiger partial charge on any atom is 0.334 e. The van der Waals surface area contributed by atoms with Gasteiger partial charge in [-0.1, -0.05) is 18.2 Å². The fourth-order valence-electron chi connectivity index (χ4n) is 2.94. The summed E-state index contributed by atoms with van der Waals surface area (Å²) in [7, 11) is 0. The highest BCUT2D eigenvalue weighted by molar-refractivity contribution is 5.86. The maximum atomic E-state index is 13.8. The summed E-state index contributed by atoms with van der Waals surface area (Å²) in [4.78, 5) is 25.3. The second-order valence-corrected chi connectivity index (χ2v) is 6.00. The van der Waals surface area contributed by atoms with Gasteiger partial charge in [0.15, 0.2) is 6.10 Å². The minimum absolute atomic E-state index is 0.0627. The molecule has 1 aliphatic heterocycles. The normalized spacial score (nSPS) is 23.1. The quantitative estimate of drug-likeness (QED) is 0.914. The number of nitrogens with zero attached hydrogens (tertiary/aromatic N) is 1. The summed E-state index contributed by atoms with van der Waals surface area (Å²) in [5, 5.41) is 9.02. The number of carbonyl (C=O) groups excluding carboxylic acids is 1. The van der Waals surface area contributed by atoms with Crippen LogP contribution in [-0.4, -0.2) is 47.7 Å². The number of rotatable bonds is 4. The van der Waals surface area contributed by atoms with E-state index < -0.39 is 17.5 Å². The van der Waals surface area contributed by atoms with E-state index in [2.05, 4.69) is 0 Å². The van der Waals surface area contributed by atoms with Gasteiger partial charge in [0.25, 0.3) is 0 Å². The van der Waals surface area contributed by atoms with Gasteiger partial charge in [-0.15, -0.1) is 0 Å². The number of carboxylic acid groups (broad SMARTS) is 1. The van der Waals surface area contributed by atoms with Crippen LogP contribution in [0.4, 0.5) is 4.39 Å². The number of halogens is 1. The highest BCUT2D eigenvalue weighted by Crippen LogP contribution is 2.50. The van der Waals surface area contributed by atoms with Crippen molar-refractivity contribution in [1.82, 2.24) is 4.90 Å². The Kier molecular flexibility index (Phi) is 3.87. The fraction of sp³-hybridized carbons (Fsp3) is 0.500. The zero-order chi connectivity index (χ0) is 15.7. The van der Waals surface area contributed by atoms with Crippen LogP contribution in [0.5, 0.6) is 0 Å². The summed E-state index contributed by atoms with van der Waals surface area (Å²) in [5.41, 5.74) is -0.0286. The summed E-state index contributed by atoms with van der Waals surface area (Å²) >= 11 is 0. The first kappa shape index (κ1) is 15.0. The topological polar surface area (TPSA) is 66.8 Å². The molecule has 1 saturated carbocycles. The molecule has 1 aromatic carbocycles. The van der Waals surface area contributed by atoms with Crippen LogP contribution in [0.1, 0.15) is 18.4 Å². The molecule has 22 heavy (non-hydrogen) atoms. The van der Waals surface area contributed by atoms with Crippen molar-refractivity contribution in [2.45, 2.75) is 25.4 Å². The van der Waals surface area contributed by atoms with Gasteiger partial charge in [0.1, 0.15) is 5.82 Å². The van der Waals surface area contributed by atoms with Crippen molar-refractivity contribution in [2.24, 2.45) is 5.41 Å². The lowest BCUT2D eigenvalue weighted by molar-refractivity contribution is -0.161. The van der Waals surface area contributed by atoms with Crippen molar-refractivity contribution in [2.75, 3.05) is 19.7 Å². The molecule has 118 valence electrons. The Morgan fingerprint density at radius 2 is 2.09 bits per heavy atom. The predicted molar refractivity (Wildman–Crippen MR) is 75.7 cm³/mol. The summed E-state index contributed by atoms with van der Waals surface area (Å²) < 4.78 is 18.9. The molecule has 1 aromatic rings. The lowest BCUT2D eigenvalue weighted by Crippen LogP contribution is -2.51. The van der Waals surface area contributed by atoms with E-state index in [1.54, 1.807) is 23.1 Å². The molecule has 0 aromatic heterocycles. The largest absolute Gasteiger partial charge is 0.479 e. The van der Waals surface area contributed by atoms with Crippen molar-refractivity contribution >= 4 is 11.9 Å². The average Bonchev–Trinajstić information content (AvgIpc) is 3.30. The van der Waals surface area contributed by atoms with E-state index in [0.717, 1.165) is 12.8 Å². The molecule has 0 radical (unpaired) electrons. The molecule has 5 nitrogen and oxygen atoms in total. The molecule has 1 aliphatic carbocycles. The van der Waals surface area contributed by atoms with Crippen molar-refractivity contribution in [3.05, 3.63) is 35.6 Å². The molecule has 2 aliphatic rings. The Labute approximate surface area is 127 Å². The second kappa shape index (κ2) is 5.68. The van der Waals surface area contributed by atoms with E-state index >= 15 is 0 Å². The van der Waals surface area contributed by atoms with Gasteiger partial charge in [-0.25, -0.2) is 9.18 Å². The second-order valence-electron chi connectivity index (χ2n) is 6.00. The monoisotopic (exact) mass is 307 g/mol. The first-order valence-electron chi connectivity index (χ1n) is 7.39. The molecular formula is C16H18FNO4. The van der Waals surface area contributed by atoms with E-state index in [1.807, 2.05) is 0 Å². The standard InChI is InChI=1S/C16H18FNO4/c17-12-4-2-1-3-11(12)9-16(5-6-16)15(21)18-7-8-22-13(10-18)14(19)20/h1-4,13H,5-10H2,(H,19,20). The molecule has 0 bridgehead atoms. The number of carboxylic acids is 1. The summed E-state index contributed by atoms with van der Waals surface area (Å²) in [5.74, 6) is -1.44. The zero-order valence-electron chi connectivity index (χ0n) is 12.1. The van der Waals surface area contributed by atoms with Gasteiger partial charge < -0.3 is 14.7 Å². The van der Waals surface area contributed by atoms with Crippen LogP contribution in [0.2, 0.25) is 0 Å². The van der Waals surface area contributed by atoms with Crippen LogP contribution in [0.3, 0.4) is 0 Å². The number of morpholine rings is 1. The number of benzene rings is 1. The van der Waals surface area contributed by atoms with Gasteiger partial charge >= 0.3 is 5.97 Å². The highest BCUT2D eigenvalue weighted by atomic mass is 19.1. The van der Waals surface area contributed by atoms with Crippen LogP contribution < -0.4 is 0 Å². The molecule has 2 fully saturated rings. The number of hydrogen-bond donors (Lipinski definition) is 1. The lowest BCUT2D eigenvalue weighted by Gasteiger charge is -2.33. The average molecular weight is 307 g/mol. The third-order valence-electron chi connectivity index (χ3n) is 4.42. The van der Waals surface area contributed by atoms with Gasteiger partial charge in [-0.05, 0) is 30.9 Å². The summed E-state index contributed by atoms with van der Waals surface area (Å²) in [6, 6.07) is 6.47. The Morgan fingerprint density at radius 1 is 1.36 bits per heavy atom. The molecule has 0 spiro atoms. The predicted octanol–water partition coefficient (Wildman–Crippen LogP) is 1.46. The Balaban J connectivity index is 1.71. The molecule has 1 N–H and O–H groups in total. The van der Waals surface area contributed by atoms with E-state index in [-0.39, 0.29) is 24.9 Å². The van der Waals surface area contributed by atoms with Crippen LogP contribution >= 0.6 is 0 Å². The molecule has 3 rings (SSSR count). The Morgan fingerprint density at radius 3 is 2.73 bits per heavy atom.